The lowest BCUT2D eigenvalue weighted by Gasteiger charge is -2.43. The molecule has 1 saturated heterocycles. The van der Waals surface area contributed by atoms with Crippen LogP contribution in [0.25, 0.3) is 0 Å². The van der Waals surface area contributed by atoms with Crippen LogP contribution in [0.15, 0.2) is 47.1 Å². The van der Waals surface area contributed by atoms with Gasteiger partial charge in [0.05, 0.1) is 6.26 Å². The third-order valence-electron chi connectivity index (χ3n) is 6.78. The van der Waals surface area contributed by atoms with Crippen molar-refractivity contribution in [3.63, 3.8) is 0 Å². The van der Waals surface area contributed by atoms with E-state index in [0.717, 1.165) is 12.8 Å². The number of carbonyl (C=O) groups excluding carboxylic acids is 4. The van der Waals surface area contributed by atoms with Gasteiger partial charge < -0.3 is 19.0 Å². The molecule has 2 heterocycles. The molecule has 1 aromatic heterocycles. The molecule has 1 aromatic carbocycles. The monoisotopic (exact) mass is 486 g/mol. The van der Waals surface area contributed by atoms with Gasteiger partial charge in [0.25, 0.3) is 11.8 Å². The summed E-state index contributed by atoms with van der Waals surface area (Å²) in [5.74, 6) is -1.49. The number of rotatable bonds is 6. The normalized spacial score (nSPS) is 22.5. The Hall–Kier alpha value is -3.13. The second-order valence-electron chi connectivity index (χ2n) is 8.66. The van der Waals surface area contributed by atoms with Gasteiger partial charge in [-0.1, -0.05) is 29.8 Å². The fourth-order valence-corrected chi connectivity index (χ4v) is 5.26. The maximum absolute atomic E-state index is 13.2. The van der Waals surface area contributed by atoms with E-state index < -0.39 is 36.0 Å². The van der Waals surface area contributed by atoms with Gasteiger partial charge in [0.1, 0.15) is 11.6 Å². The van der Waals surface area contributed by atoms with Crippen LogP contribution in [0, 0.1) is 0 Å². The van der Waals surface area contributed by atoms with E-state index in [1.54, 1.807) is 37.4 Å². The smallest absolute Gasteiger partial charge is 0.329 e. The maximum Gasteiger partial charge on any atom is 0.329 e. The van der Waals surface area contributed by atoms with Crippen LogP contribution in [-0.2, 0) is 24.7 Å². The number of ether oxygens (including phenoxy) is 1. The lowest BCUT2D eigenvalue weighted by Crippen LogP contribution is -2.55. The molecule has 2 aromatic rings. The maximum atomic E-state index is 13.2. The molecule has 2 aliphatic rings. The fraction of sp³-hybridized carbons (Fsp3) is 0.440. The van der Waals surface area contributed by atoms with Gasteiger partial charge >= 0.3 is 5.97 Å². The second-order valence-corrected chi connectivity index (χ2v) is 9.07. The fourth-order valence-electron chi connectivity index (χ4n) is 4.96. The Labute approximate surface area is 202 Å². The van der Waals surface area contributed by atoms with Crippen LogP contribution in [0.3, 0.4) is 0 Å². The van der Waals surface area contributed by atoms with Crippen molar-refractivity contribution in [2.75, 3.05) is 20.2 Å². The third-order valence-corrected chi connectivity index (χ3v) is 7.11. The summed E-state index contributed by atoms with van der Waals surface area (Å²) >= 11 is 6.44. The zero-order valence-corrected chi connectivity index (χ0v) is 19.8. The number of carbonyl (C=O) groups is 4. The molecule has 180 valence electrons. The molecule has 2 atom stereocenters. The number of esters is 1. The number of likely N-dealkylation sites (N-methyl/N-ethyl adjacent to an activating group) is 1. The van der Waals surface area contributed by atoms with E-state index in [4.69, 9.17) is 20.8 Å². The molecular formula is C25H27ClN2O6. The molecule has 2 amide bonds. The highest BCUT2D eigenvalue weighted by Crippen LogP contribution is 2.42. The van der Waals surface area contributed by atoms with Crippen molar-refractivity contribution in [3.8, 4) is 0 Å². The number of likely N-dealkylation sites (tertiary alicyclic amines) is 1. The molecular weight excluding hydrogens is 460 g/mol. The van der Waals surface area contributed by atoms with Crippen LogP contribution in [0.2, 0.25) is 5.02 Å². The van der Waals surface area contributed by atoms with Gasteiger partial charge in [0.15, 0.2) is 18.2 Å². The highest BCUT2D eigenvalue weighted by atomic mass is 35.5. The average molecular weight is 487 g/mol. The van der Waals surface area contributed by atoms with Gasteiger partial charge in [0, 0.05) is 30.6 Å². The Kier molecular flexibility index (Phi) is 7.07. The number of hydrogen-bond acceptors (Lipinski definition) is 6. The molecule has 0 radical (unpaired) electrons. The largest absolute Gasteiger partial charge is 0.459 e. The number of halogens is 1. The molecule has 1 unspecified atom stereocenters. The lowest BCUT2D eigenvalue weighted by atomic mass is 9.74. The molecule has 4 rings (SSSR count). The number of amides is 2. The Morgan fingerprint density at radius 3 is 2.68 bits per heavy atom. The van der Waals surface area contributed by atoms with Crippen molar-refractivity contribution >= 4 is 35.2 Å². The molecule has 2 fully saturated rings. The Morgan fingerprint density at radius 2 is 1.97 bits per heavy atom. The van der Waals surface area contributed by atoms with Crippen LogP contribution in [0.4, 0.5) is 0 Å². The summed E-state index contributed by atoms with van der Waals surface area (Å²) in [5, 5.41) is 0.410. The first kappa shape index (κ1) is 24.0. The highest BCUT2D eigenvalue weighted by molar-refractivity contribution is 6.31. The molecule has 0 N–H and O–H groups in total. The van der Waals surface area contributed by atoms with E-state index in [1.165, 1.54) is 22.1 Å². The first-order valence-corrected chi connectivity index (χ1v) is 11.8. The molecule has 9 heteroatoms. The molecule has 8 nitrogen and oxygen atoms in total. The molecule has 0 bridgehead atoms. The topological polar surface area (TPSA) is 97.1 Å². The Balaban J connectivity index is 1.47. The SMILES string of the molecule is CN(C(=O)COC(=O)[C@@H]1CCCN1C(=O)c1ccco1)C1(c2ccccc2Cl)CCCCC1=O. The van der Waals surface area contributed by atoms with Gasteiger partial charge in [0.2, 0.25) is 0 Å². The number of Topliss-reactive ketones (excluding diaryl/α,β-unsaturated/α-hetero) is 1. The van der Waals surface area contributed by atoms with E-state index in [2.05, 4.69) is 0 Å². The number of nitrogens with zero attached hydrogens (tertiary/aromatic N) is 2. The van der Waals surface area contributed by atoms with Gasteiger partial charge in [-0.15, -0.1) is 0 Å². The van der Waals surface area contributed by atoms with Crippen LogP contribution >= 0.6 is 11.6 Å². The highest BCUT2D eigenvalue weighted by Gasteiger charge is 2.48. The number of hydrogen-bond donors (Lipinski definition) is 0. The third kappa shape index (κ3) is 4.34. The van der Waals surface area contributed by atoms with Crippen molar-refractivity contribution in [3.05, 3.63) is 59.0 Å². The number of furan rings is 1. The molecule has 1 aliphatic heterocycles. The Bertz CT molecular complexity index is 1080. The molecule has 0 spiro atoms. The van der Waals surface area contributed by atoms with Gasteiger partial charge in [-0.2, -0.15) is 0 Å². The summed E-state index contributed by atoms with van der Waals surface area (Å²) in [6.45, 7) is -0.134. The summed E-state index contributed by atoms with van der Waals surface area (Å²) in [4.78, 5) is 54.5. The van der Waals surface area contributed by atoms with Crippen molar-refractivity contribution in [1.82, 2.24) is 9.80 Å². The summed E-state index contributed by atoms with van der Waals surface area (Å²) in [5.41, 5.74) is -0.621. The Morgan fingerprint density at radius 1 is 1.18 bits per heavy atom. The average Bonchev–Trinajstić information content (AvgIpc) is 3.55. The second kappa shape index (κ2) is 10.0. The van der Waals surface area contributed by atoms with Gasteiger partial charge in [-0.3, -0.25) is 14.4 Å². The predicted molar refractivity (Wildman–Crippen MR) is 123 cm³/mol. The lowest BCUT2D eigenvalue weighted by molar-refractivity contribution is -0.159. The van der Waals surface area contributed by atoms with Crippen molar-refractivity contribution < 1.29 is 28.3 Å². The van der Waals surface area contributed by atoms with Crippen molar-refractivity contribution in [2.45, 2.75) is 50.1 Å². The minimum Gasteiger partial charge on any atom is -0.459 e. The summed E-state index contributed by atoms with van der Waals surface area (Å²) in [7, 11) is 1.55. The first-order valence-electron chi connectivity index (χ1n) is 11.4. The summed E-state index contributed by atoms with van der Waals surface area (Å²) in [6, 6.07) is 9.37. The van der Waals surface area contributed by atoms with Gasteiger partial charge in [-0.25, -0.2) is 4.79 Å². The number of ketones is 1. The van der Waals surface area contributed by atoms with E-state index in [9.17, 15) is 19.2 Å². The van der Waals surface area contributed by atoms with E-state index in [1.807, 2.05) is 0 Å². The van der Waals surface area contributed by atoms with Crippen LogP contribution in [-0.4, -0.2) is 59.6 Å². The van der Waals surface area contributed by atoms with Crippen molar-refractivity contribution in [1.29, 1.82) is 0 Å². The van der Waals surface area contributed by atoms with Crippen LogP contribution < -0.4 is 0 Å². The van der Waals surface area contributed by atoms with Crippen molar-refractivity contribution in [2.24, 2.45) is 0 Å². The van der Waals surface area contributed by atoms with E-state index in [0.29, 0.717) is 42.8 Å². The summed E-state index contributed by atoms with van der Waals surface area (Å²) in [6.07, 6.45) is 4.78. The zero-order valence-electron chi connectivity index (χ0n) is 19.0. The molecule has 34 heavy (non-hydrogen) atoms. The molecule has 1 aliphatic carbocycles. The molecule has 1 saturated carbocycles. The standard InChI is InChI=1S/C25H27ClN2O6/c1-27(25(13-5-4-12-21(25)29)17-8-2-3-9-18(17)26)22(30)16-34-24(32)19-10-6-14-28(19)23(31)20-11-7-15-33-20/h2-3,7-9,11,15,19H,4-6,10,12-14,16H2,1H3/t19-,25?/m0/s1. The zero-order chi connectivity index (χ0) is 24.3. The van der Waals surface area contributed by atoms with Crippen LogP contribution in [0.1, 0.15) is 54.6 Å². The summed E-state index contributed by atoms with van der Waals surface area (Å²) < 4.78 is 10.5. The van der Waals surface area contributed by atoms with Gasteiger partial charge in [-0.05, 0) is 50.3 Å². The number of benzene rings is 1. The predicted octanol–water partition coefficient (Wildman–Crippen LogP) is 3.58. The minimum absolute atomic E-state index is 0.0833. The van der Waals surface area contributed by atoms with E-state index >= 15 is 0 Å². The minimum atomic E-state index is -1.20. The quantitative estimate of drug-likeness (QED) is 0.579. The van der Waals surface area contributed by atoms with Crippen LogP contribution in [0.5, 0.6) is 0 Å². The first-order chi connectivity index (χ1) is 16.4. The van der Waals surface area contributed by atoms with E-state index in [-0.39, 0.29) is 11.5 Å².